The fourth-order valence-corrected chi connectivity index (χ4v) is 3.43. The van der Waals surface area contributed by atoms with Gasteiger partial charge in [-0.2, -0.15) is 4.98 Å². The number of nitrogens with zero attached hydrogens (tertiary/aromatic N) is 2. The highest BCUT2D eigenvalue weighted by Gasteiger charge is 2.18. The molecule has 124 valence electrons. The number of hydrogen-bond acceptors (Lipinski definition) is 5. The maximum absolute atomic E-state index is 12.9. The van der Waals surface area contributed by atoms with Crippen molar-refractivity contribution in [2.24, 2.45) is 0 Å². The minimum atomic E-state index is -3.81. The third-order valence-electron chi connectivity index (χ3n) is 3.11. The van der Waals surface area contributed by atoms with Crippen LogP contribution in [-0.4, -0.2) is 18.6 Å². The van der Waals surface area contributed by atoms with Gasteiger partial charge in [0.25, 0.3) is 0 Å². The molecule has 3 rings (SSSR count). The van der Waals surface area contributed by atoms with Gasteiger partial charge >= 0.3 is 0 Å². The number of hydrogen-bond donors (Lipinski definition) is 1. The van der Waals surface area contributed by atoms with E-state index in [-0.39, 0.29) is 34.0 Å². The van der Waals surface area contributed by atoms with Crippen molar-refractivity contribution >= 4 is 21.6 Å². The first kappa shape index (κ1) is 16.6. The highest BCUT2D eigenvalue weighted by molar-refractivity contribution is 7.89. The second-order valence-corrected chi connectivity index (χ2v) is 6.92. The van der Waals surface area contributed by atoms with Gasteiger partial charge in [-0.1, -0.05) is 28.9 Å². The van der Waals surface area contributed by atoms with Crippen molar-refractivity contribution in [1.82, 2.24) is 14.9 Å². The molecule has 0 atom stereocenters. The summed E-state index contributed by atoms with van der Waals surface area (Å²) in [7, 11) is -3.81. The minimum Gasteiger partial charge on any atom is -0.338 e. The summed E-state index contributed by atoms with van der Waals surface area (Å²) >= 11 is 5.89. The molecular weight excluding hydrogens is 357 g/mol. The molecule has 0 aliphatic carbocycles. The molecule has 9 heteroatoms. The van der Waals surface area contributed by atoms with Crippen LogP contribution in [0.25, 0.3) is 11.4 Å². The Balaban J connectivity index is 1.74. The van der Waals surface area contributed by atoms with Crippen LogP contribution in [0.2, 0.25) is 5.02 Å². The van der Waals surface area contributed by atoms with Crippen LogP contribution in [0.3, 0.4) is 0 Å². The first-order valence-corrected chi connectivity index (χ1v) is 8.64. The Bertz CT molecular complexity index is 958. The molecule has 0 saturated carbocycles. The van der Waals surface area contributed by atoms with Crippen LogP contribution >= 0.6 is 11.6 Å². The lowest BCUT2D eigenvalue weighted by Gasteiger charge is -2.05. The van der Waals surface area contributed by atoms with Gasteiger partial charge in [0.2, 0.25) is 21.7 Å². The van der Waals surface area contributed by atoms with E-state index in [0.717, 1.165) is 0 Å². The molecule has 0 fully saturated rings. The molecule has 0 unspecified atom stereocenters. The SMILES string of the molecule is O=S(=O)(NCc1nc(-c2ccc(F)cc2)no1)c1ccccc1Cl. The lowest BCUT2D eigenvalue weighted by Crippen LogP contribution is -2.23. The molecule has 0 bridgehead atoms. The normalized spacial score (nSPS) is 11.6. The van der Waals surface area contributed by atoms with E-state index in [1.165, 1.54) is 36.4 Å². The molecule has 1 aromatic heterocycles. The van der Waals surface area contributed by atoms with Crippen LogP contribution in [0.4, 0.5) is 4.39 Å². The number of rotatable bonds is 5. The van der Waals surface area contributed by atoms with E-state index in [4.69, 9.17) is 16.1 Å². The lowest BCUT2D eigenvalue weighted by molar-refractivity contribution is 0.376. The van der Waals surface area contributed by atoms with E-state index >= 15 is 0 Å². The fourth-order valence-electron chi connectivity index (χ4n) is 1.94. The molecule has 0 amide bonds. The maximum atomic E-state index is 12.9. The van der Waals surface area contributed by atoms with Crippen LogP contribution < -0.4 is 4.72 Å². The van der Waals surface area contributed by atoms with Crippen molar-refractivity contribution < 1.29 is 17.3 Å². The minimum absolute atomic E-state index is 0.0371. The molecule has 6 nitrogen and oxygen atoms in total. The van der Waals surface area contributed by atoms with Gasteiger partial charge in [0.05, 0.1) is 11.6 Å². The number of sulfonamides is 1. The predicted molar refractivity (Wildman–Crippen MR) is 85.2 cm³/mol. The standard InChI is InChI=1S/C15H11ClFN3O3S/c16-12-3-1-2-4-13(12)24(21,22)18-9-14-19-15(20-23-14)10-5-7-11(17)8-6-10/h1-8,18H,9H2. The Morgan fingerprint density at radius 2 is 1.83 bits per heavy atom. The summed E-state index contributed by atoms with van der Waals surface area (Å²) in [6, 6.07) is 11.6. The summed E-state index contributed by atoms with van der Waals surface area (Å²) in [6.07, 6.45) is 0. The maximum Gasteiger partial charge on any atom is 0.242 e. The summed E-state index contributed by atoms with van der Waals surface area (Å²) < 4.78 is 44.7. The highest BCUT2D eigenvalue weighted by Crippen LogP contribution is 2.21. The fraction of sp³-hybridized carbons (Fsp3) is 0.0667. The second-order valence-electron chi connectivity index (χ2n) is 4.77. The van der Waals surface area contributed by atoms with Gasteiger partial charge in [-0.05, 0) is 36.4 Å². The average Bonchev–Trinajstić information content (AvgIpc) is 3.03. The Kier molecular flexibility index (Phi) is 4.61. The third kappa shape index (κ3) is 3.61. The molecule has 2 aromatic carbocycles. The van der Waals surface area contributed by atoms with Gasteiger partial charge in [-0.25, -0.2) is 17.5 Å². The Labute approximate surface area is 142 Å². The summed E-state index contributed by atoms with van der Waals surface area (Å²) in [5.41, 5.74) is 0.556. The van der Waals surface area contributed by atoms with E-state index in [1.54, 1.807) is 12.1 Å². The van der Waals surface area contributed by atoms with Gasteiger partial charge in [-0.3, -0.25) is 0 Å². The zero-order valence-electron chi connectivity index (χ0n) is 12.1. The summed E-state index contributed by atoms with van der Waals surface area (Å²) in [4.78, 5) is 4.03. The second kappa shape index (κ2) is 6.68. The summed E-state index contributed by atoms with van der Waals surface area (Å²) in [6.45, 7) is -0.193. The topological polar surface area (TPSA) is 85.1 Å². The van der Waals surface area contributed by atoms with Crippen LogP contribution in [0, 0.1) is 5.82 Å². The number of benzene rings is 2. The van der Waals surface area contributed by atoms with E-state index in [1.807, 2.05) is 0 Å². The molecule has 3 aromatic rings. The molecule has 0 saturated heterocycles. The highest BCUT2D eigenvalue weighted by atomic mass is 35.5. The summed E-state index contributed by atoms with van der Waals surface area (Å²) in [5, 5.41) is 3.85. The molecule has 0 spiro atoms. The molecule has 0 radical (unpaired) electrons. The Hall–Kier alpha value is -2.29. The van der Waals surface area contributed by atoms with Crippen molar-refractivity contribution in [1.29, 1.82) is 0 Å². The number of halogens is 2. The first-order valence-electron chi connectivity index (χ1n) is 6.78. The van der Waals surface area contributed by atoms with E-state index < -0.39 is 10.0 Å². The zero-order valence-corrected chi connectivity index (χ0v) is 13.7. The van der Waals surface area contributed by atoms with Gasteiger partial charge in [-0.15, -0.1) is 0 Å². The quantitative estimate of drug-likeness (QED) is 0.749. The molecule has 0 aliphatic rings. The monoisotopic (exact) mass is 367 g/mol. The lowest BCUT2D eigenvalue weighted by atomic mass is 10.2. The summed E-state index contributed by atoms with van der Waals surface area (Å²) in [5.74, 6) is -0.0677. The van der Waals surface area contributed by atoms with Crippen molar-refractivity contribution in [2.75, 3.05) is 0 Å². The predicted octanol–water partition coefficient (Wildman–Crippen LogP) is 3.01. The Morgan fingerprint density at radius 1 is 1.12 bits per heavy atom. The smallest absolute Gasteiger partial charge is 0.242 e. The van der Waals surface area contributed by atoms with Crippen molar-refractivity contribution in [3.63, 3.8) is 0 Å². The van der Waals surface area contributed by atoms with Crippen LogP contribution in [0.5, 0.6) is 0 Å². The third-order valence-corrected chi connectivity index (χ3v) is 5.01. The Morgan fingerprint density at radius 3 is 2.54 bits per heavy atom. The average molecular weight is 368 g/mol. The van der Waals surface area contributed by atoms with E-state index in [9.17, 15) is 12.8 Å². The molecule has 24 heavy (non-hydrogen) atoms. The van der Waals surface area contributed by atoms with Crippen molar-refractivity contribution in [3.05, 3.63) is 65.3 Å². The molecule has 1 heterocycles. The van der Waals surface area contributed by atoms with Crippen molar-refractivity contribution in [2.45, 2.75) is 11.4 Å². The van der Waals surface area contributed by atoms with Crippen LogP contribution in [-0.2, 0) is 16.6 Å². The molecule has 1 N–H and O–H groups in total. The van der Waals surface area contributed by atoms with E-state index in [0.29, 0.717) is 5.56 Å². The first-order chi connectivity index (χ1) is 11.5. The zero-order chi connectivity index (χ0) is 17.2. The molecular formula is C15H11ClFN3O3S. The van der Waals surface area contributed by atoms with Gasteiger partial charge in [0.1, 0.15) is 10.7 Å². The van der Waals surface area contributed by atoms with Crippen LogP contribution in [0.1, 0.15) is 5.89 Å². The molecule has 0 aliphatic heterocycles. The number of aromatic nitrogens is 2. The van der Waals surface area contributed by atoms with Gasteiger partial charge in [0.15, 0.2) is 0 Å². The van der Waals surface area contributed by atoms with Crippen LogP contribution in [0.15, 0.2) is 57.9 Å². The number of nitrogens with one attached hydrogen (secondary N) is 1. The largest absolute Gasteiger partial charge is 0.338 e. The van der Waals surface area contributed by atoms with Gasteiger partial charge < -0.3 is 4.52 Å². The van der Waals surface area contributed by atoms with Crippen molar-refractivity contribution in [3.8, 4) is 11.4 Å². The van der Waals surface area contributed by atoms with Gasteiger partial charge in [0, 0.05) is 5.56 Å². The van der Waals surface area contributed by atoms with E-state index in [2.05, 4.69) is 14.9 Å².